The first kappa shape index (κ1) is 17.0. The van der Waals surface area contributed by atoms with Crippen LogP contribution in [-0.4, -0.2) is 10.0 Å². The summed E-state index contributed by atoms with van der Waals surface area (Å²) >= 11 is 5.76. The molecule has 2 aromatic carbocycles. The molecule has 122 valence electrons. The first-order valence-corrected chi connectivity index (χ1v) is 6.53. The predicted octanol–water partition coefficient (Wildman–Crippen LogP) is 4.55. The van der Waals surface area contributed by atoms with Crippen LogP contribution in [0.25, 0.3) is 0 Å². The molecule has 23 heavy (non-hydrogen) atoms. The van der Waals surface area contributed by atoms with Crippen LogP contribution in [0.2, 0.25) is 5.02 Å². The first-order chi connectivity index (χ1) is 10.7. The highest BCUT2D eigenvalue weighted by atomic mass is 35.5. The maximum Gasteiger partial charge on any atom is 0.416 e. The van der Waals surface area contributed by atoms with Crippen molar-refractivity contribution in [3.05, 3.63) is 62.7 Å². The smallest absolute Gasteiger partial charge is 0.416 e. The van der Waals surface area contributed by atoms with Gasteiger partial charge in [0.2, 0.25) is 0 Å². The summed E-state index contributed by atoms with van der Waals surface area (Å²) in [6.07, 6.45) is -4.53. The van der Waals surface area contributed by atoms with E-state index in [9.17, 15) is 23.3 Å². The topological polar surface area (TPSA) is 72.6 Å². The Morgan fingerprint density at radius 3 is 2.43 bits per heavy atom. The third kappa shape index (κ3) is 3.91. The third-order valence-electron chi connectivity index (χ3n) is 2.91. The van der Waals surface area contributed by atoms with E-state index in [4.69, 9.17) is 21.4 Å². The number of rotatable bonds is 4. The molecule has 5 nitrogen and oxygen atoms in total. The van der Waals surface area contributed by atoms with Crippen LogP contribution in [0.4, 0.5) is 18.9 Å². The molecular weight excluding hydrogens is 339 g/mol. The average molecular weight is 348 g/mol. The van der Waals surface area contributed by atoms with E-state index in [2.05, 4.69) is 0 Å². The molecule has 0 spiro atoms. The second-order valence-electron chi connectivity index (χ2n) is 4.45. The average Bonchev–Trinajstić information content (AvgIpc) is 2.47. The fourth-order valence-electron chi connectivity index (χ4n) is 1.82. The lowest BCUT2D eigenvalue weighted by atomic mass is 10.2. The Labute approximate surface area is 133 Å². The van der Waals surface area contributed by atoms with E-state index in [1.54, 1.807) is 0 Å². The minimum Gasteiger partial charge on any atom is -0.456 e. The van der Waals surface area contributed by atoms with E-state index < -0.39 is 23.3 Å². The maximum atomic E-state index is 12.6. The summed E-state index contributed by atoms with van der Waals surface area (Å²) in [4.78, 5) is 10.1. The molecule has 0 amide bonds. The van der Waals surface area contributed by atoms with E-state index >= 15 is 0 Å². The van der Waals surface area contributed by atoms with Gasteiger partial charge in [0.15, 0.2) is 0 Å². The number of halogens is 4. The maximum absolute atomic E-state index is 12.6. The molecule has 0 radical (unpaired) electrons. The van der Waals surface area contributed by atoms with Gasteiger partial charge in [0, 0.05) is 6.07 Å². The van der Waals surface area contributed by atoms with Crippen molar-refractivity contribution in [1.29, 1.82) is 0 Å². The lowest BCUT2D eigenvalue weighted by molar-refractivity contribution is -0.385. The molecule has 9 heteroatoms. The van der Waals surface area contributed by atoms with Crippen LogP contribution >= 0.6 is 11.6 Å². The largest absolute Gasteiger partial charge is 0.456 e. The van der Waals surface area contributed by atoms with Gasteiger partial charge in [0.25, 0.3) is 5.69 Å². The highest BCUT2D eigenvalue weighted by Crippen LogP contribution is 2.37. The van der Waals surface area contributed by atoms with Gasteiger partial charge in [-0.05, 0) is 30.3 Å². The standard InChI is InChI=1S/C14H9ClF3NO4/c15-11-6-9(14(16,17)18)1-4-13(11)23-10-2-3-12(19(21)22)8(5-10)7-20/h1-6,20H,7H2. The summed E-state index contributed by atoms with van der Waals surface area (Å²) in [6.45, 7) is -0.589. The zero-order valence-corrected chi connectivity index (χ0v) is 12.1. The van der Waals surface area contributed by atoms with Crippen LogP contribution in [0.5, 0.6) is 11.5 Å². The Bertz CT molecular complexity index is 749. The van der Waals surface area contributed by atoms with Gasteiger partial charge in [-0.2, -0.15) is 13.2 Å². The molecular formula is C14H9ClF3NO4. The molecule has 0 aromatic heterocycles. The Morgan fingerprint density at radius 1 is 1.22 bits per heavy atom. The van der Waals surface area contributed by atoms with Crippen molar-refractivity contribution in [3.63, 3.8) is 0 Å². The Morgan fingerprint density at radius 2 is 1.91 bits per heavy atom. The number of nitro groups is 1. The second-order valence-corrected chi connectivity index (χ2v) is 4.86. The van der Waals surface area contributed by atoms with Crippen LogP contribution in [0, 0.1) is 10.1 Å². The van der Waals surface area contributed by atoms with Gasteiger partial charge in [0.05, 0.1) is 27.7 Å². The Hall–Kier alpha value is -2.32. The number of aliphatic hydroxyl groups excluding tert-OH is 1. The summed E-state index contributed by atoms with van der Waals surface area (Å²) < 4.78 is 43.0. The highest BCUT2D eigenvalue weighted by molar-refractivity contribution is 6.32. The number of alkyl halides is 3. The van der Waals surface area contributed by atoms with Gasteiger partial charge in [-0.1, -0.05) is 11.6 Å². The molecule has 0 bridgehead atoms. The van der Waals surface area contributed by atoms with Crippen LogP contribution in [0.15, 0.2) is 36.4 Å². The summed E-state index contributed by atoms with van der Waals surface area (Å²) in [5.41, 5.74) is -1.21. The molecule has 0 heterocycles. The van der Waals surface area contributed by atoms with Crippen LogP contribution in [0.3, 0.4) is 0 Å². The van der Waals surface area contributed by atoms with Gasteiger partial charge < -0.3 is 9.84 Å². The van der Waals surface area contributed by atoms with Crippen molar-refractivity contribution in [1.82, 2.24) is 0 Å². The van der Waals surface area contributed by atoms with E-state index in [-0.39, 0.29) is 27.8 Å². The fourth-order valence-corrected chi connectivity index (χ4v) is 2.04. The number of hydrogen-bond acceptors (Lipinski definition) is 4. The van der Waals surface area contributed by atoms with Gasteiger partial charge in [-0.25, -0.2) is 0 Å². The van der Waals surface area contributed by atoms with Crippen LogP contribution < -0.4 is 4.74 Å². The molecule has 0 saturated carbocycles. The molecule has 0 aliphatic carbocycles. The number of benzene rings is 2. The molecule has 0 aliphatic heterocycles. The number of ether oxygens (including phenoxy) is 1. The normalized spacial score (nSPS) is 11.3. The van der Waals surface area contributed by atoms with E-state index in [0.717, 1.165) is 24.3 Å². The van der Waals surface area contributed by atoms with Crippen molar-refractivity contribution in [2.75, 3.05) is 0 Å². The molecule has 0 unspecified atom stereocenters. The molecule has 2 rings (SSSR count). The Kier molecular flexibility index (Phi) is 4.76. The second kappa shape index (κ2) is 6.43. The molecule has 0 saturated heterocycles. The van der Waals surface area contributed by atoms with E-state index in [0.29, 0.717) is 0 Å². The number of aliphatic hydroxyl groups is 1. The van der Waals surface area contributed by atoms with Gasteiger partial charge >= 0.3 is 6.18 Å². The zero-order chi connectivity index (χ0) is 17.2. The summed E-state index contributed by atoms with van der Waals surface area (Å²) in [6, 6.07) is 6.16. The van der Waals surface area contributed by atoms with Crippen molar-refractivity contribution >= 4 is 17.3 Å². The van der Waals surface area contributed by atoms with E-state index in [1.807, 2.05) is 0 Å². The fraction of sp³-hybridized carbons (Fsp3) is 0.143. The monoisotopic (exact) mass is 347 g/mol. The Balaban J connectivity index is 2.31. The van der Waals surface area contributed by atoms with Crippen molar-refractivity contribution in [3.8, 4) is 11.5 Å². The summed E-state index contributed by atoms with van der Waals surface area (Å²) in [5.74, 6) is 0.0544. The summed E-state index contributed by atoms with van der Waals surface area (Å²) in [5, 5.41) is 19.6. The van der Waals surface area contributed by atoms with Gasteiger partial charge in [-0.15, -0.1) is 0 Å². The predicted molar refractivity (Wildman–Crippen MR) is 75.5 cm³/mol. The molecule has 0 fully saturated rings. The number of nitrogens with zero attached hydrogens (tertiary/aromatic N) is 1. The quantitative estimate of drug-likeness (QED) is 0.650. The van der Waals surface area contributed by atoms with Crippen LogP contribution in [-0.2, 0) is 12.8 Å². The number of hydrogen-bond donors (Lipinski definition) is 1. The highest BCUT2D eigenvalue weighted by Gasteiger charge is 2.31. The first-order valence-electron chi connectivity index (χ1n) is 6.15. The molecule has 0 aliphatic rings. The zero-order valence-electron chi connectivity index (χ0n) is 11.3. The summed E-state index contributed by atoms with van der Waals surface area (Å²) in [7, 11) is 0. The van der Waals surface area contributed by atoms with E-state index in [1.165, 1.54) is 12.1 Å². The lowest BCUT2D eigenvalue weighted by Crippen LogP contribution is -2.04. The molecule has 0 atom stereocenters. The third-order valence-corrected chi connectivity index (χ3v) is 3.20. The molecule has 1 N–H and O–H groups in total. The minimum absolute atomic E-state index is 0.00975. The van der Waals surface area contributed by atoms with Crippen molar-refractivity contribution < 1.29 is 27.9 Å². The number of nitro benzene ring substituents is 1. The lowest BCUT2D eigenvalue weighted by Gasteiger charge is -2.11. The molecule has 2 aromatic rings. The van der Waals surface area contributed by atoms with Crippen molar-refractivity contribution in [2.24, 2.45) is 0 Å². The minimum atomic E-state index is -4.53. The van der Waals surface area contributed by atoms with Crippen molar-refractivity contribution in [2.45, 2.75) is 12.8 Å². The van der Waals surface area contributed by atoms with Crippen LogP contribution in [0.1, 0.15) is 11.1 Å². The van der Waals surface area contributed by atoms with Gasteiger partial charge in [-0.3, -0.25) is 10.1 Å². The SMILES string of the molecule is O=[N+]([O-])c1ccc(Oc2ccc(C(F)(F)F)cc2Cl)cc1CO. The van der Waals surface area contributed by atoms with Gasteiger partial charge in [0.1, 0.15) is 11.5 Å².